The van der Waals surface area contributed by atoms with Gasteiger partial charge < -0.3 is 15.4 Å². The van der Waals surface area contributed by atoms with Crippen LogP contribution in [0.15, 0.2) is 42.5 Å². The summed E-state index contributed by atoms with van der Waals surface area (Å²) < 4.78 is 5.19. The molecule has 0 radical (unpaired) electrons. The summed E-state index contributed by atoms with van der Waals surface area (Å²) in [4.78, 5) is 2.38. The third-order valence-electron chi connectivity index (χ3n) is 4.11. The van der Waals surface area contributed by atoms with Gasteiger partial charge in [0.2, 0.25) is 0 Å². The summed E-state index contributed by atoms with van der Waals surface area (Å²) >= 11 is 0. The second kappa shape index (κ2) is 6.08. The molecule has 2 aromatic rings. The Morgan fingerprint density at radius 3 is 2.29 bits per heavy atom. The zero-order chi connectivity index (χ0) is 14.7. The highest BCUT2D eigenvalue weighted by atomic mass is 16.5. The Labute approximate surface area is 126 Å². The van der Waals surface area contributed by atoms with Crippen LogP contribution in [-0.4, -0.2) is 20.2 Å². The van der Waals surface area contributed by atoms with Gasteiger partial charge in [0.05, 0.1) is 18.5 Å². The van der Waals surface area contributed by atoms with Crippen LogP contribution in [0.3, 0.4) is 0 Å². The molecular weight excluding hydrogens is 260 g/mol. The molecule has 110 valence electrons. The van der Waals surface area contributed by atoms with E-state index in [0.717, 1.165) is 30.9 Å². The maximum absolute atomic E-state index is 6.24. The average molecular weight is 282 g/mol. The van der Waals surface area contributed by atoms with Crippen molar-refractivity contribution >= 4 is 11.4 Å². The van der Waals surface area contributed by atoms with Crippen molar-refractivity contribution in [3.05, 3.63) is 53.6 Å². The average Bonchev–Trinajstić information content (AvgIpc) is 3.02. The van der Waals surface area contributed by atoms with E-state index in [1.54, 1.807) is 7.11 Å². The molecule has 0 atom stereocenters. The van der Waals surface area contributed by atoms with Gasteiger partial charge in [0, 0.05) is 13.1 Å². The third-order valence-corrected chi connectivity index (χ3v) is 4.11. The van der Waals surface area contributed by atoms with Crippen molar-refractivity contribution in [2.45, 2.75) is 19.3 Å². The number of rotatable bonds is 4. The van der Waals surface area contributed by atoms with E-state index in [0.29, 0.717) is 0 Å². The smallest absolute Gasteiger partial charge is 0.118 e. The van der Waals surface area contributed by atoms with E-state index in [1.165, 1.54) is 29.7 Å². The van der Waals surface area contributed by atoms with Gasteiger partial charge in [0.25, 0.3) is 0 Å². The second-order valence-electron chi connectivity index (χ2n) is 5.61. The Balaban J connectivity index is 1.74. The molecule has 0 unspecified atom stereocenters. The van der Waals surface area contributed by atoms with Crippen molar-refractivity contribution in [3.63, 3.8) is 0 Å². The number of ether oxygens (including phenoxy) is 1. The second-order valence-corrected chi connectivity index (χ2v) is 5.61. The van der Waals surface area contributed by atoms with Gasteiger partial charge in [-0.1, -0.05) is 18.2 Å². The molecule has 1 aliphatic heterocycles. The van der Waals surface area contributed by atoms with Crippen molar-refractivity contribution < 1.29 is 4.74 Å². The van der Waals surface area contributed by atoms with Crippen LogP contribution < -0.4 is 15.4 Å². The summed E-state index contributed by atoms with van der Waals surface area (Å²) in [6.45, 7) is 2.25. The van der Waals surface area contributed by atoms with E-state index in [1.807, 2.05) is 12.1 Å². The molecule has 0 saturated carbocycles. The molecule has 0 aliphatic carbocycles. The SMILES string of the molecule is COc1ccc(Cc2ccc(N3CCCC3)c(N)c2)cc1. The van der Waals surface area contributed by atoms with Crippen LogP contribution in [0.4, 0.5) is 11.4 Å². The number of nitrogens with zero attached hydrogens (tertiary/aromatic N) is 1. The van der Waals surface area contributed by atoms with Gasteiger partial charge >= 0.3 is 0 Å². The van der Waals surface area contributed by atoms with Gasteiger partial charge in [-0.2, -0.15) is 0 Å². The first kappa shape index (κ1) is 13.8. The van der Waals surface area contributed by atoms with Gasteiger partial charge in [-0.25, -0.2) is 0 Å². The fourth-order valence-electron chi connectivity index (χ4n) is 2.94. The number of hydrogen-bond donors (Lipinski definition) is 1. The molecule has 3 heteroatoms. The van der Waals surface area contributed by atoms with E-state index in [2.05, 4.69) is 35.2 Å². The number of benzene rings is 2. The monoisotopic (exact) mass is 282 g/mol. The Bertz CT molecular complexity index is 601. The Morgan fingerprint density at radius 1 is 1.00 bits per heavy atom. The lowest BCUT2D eigenvalue weighted by Gasteiger charge is -2.20. The van der Waals surface area contributed by atoms with E-state index in [9.17, 15) is 0 Å². The zero-order valence-electron chi connectivity index (χ0n) is 12.5. The Kier molecular flexibility index (Phi) is 4.00. The first-order valence-corrected chi connectivity index (χ1v) is 7.52. The lowest BCUT2D eigenvalue weighted by atomic mass is 10.0. The van der Waals surface area contributed by atoms with E-state index in [4.69, 9.17) is 10.5 Å². The van der Waals surface area contributed by atoms with Crippen molar-refractivity contribution in [2.75, 3.05) is 30.8 Å². The fraction of sp³-hybridized carbons (Fsp3) is 0.333. The van der Waals surface area contributed by atoms with Crippen molar-refractivity contribution in [1.29, 1.82) is 0 Å². The lowest BCUT2D eigenvalue weighted by molar-refractivity contribution is 0.414. The van der Waals surface area contributed by atoms with Gasteiger partial charge in [0.1, 0.15) is 5.75 Å². The Morgan fingerprint density at radius 2 is 1.67 bits per heavy atom. The van der Waals surface area contributed by atoms with E-state index in [-0.39, 0.29) is 0 Å². The normalized spacial score (nSPS) is 14.4. The minimum absolute atomic E-state index is 0.891. The summed E-state index contributed by atoms with van der Waals surface area (Å²) in [6, 6.07) is 14.7. The molecule has 3 nitrogen and oxygen atoms in total. The summed E-state index contributed by atoms with van der Waals surface area (Å²) in [5.41, 5.74) is 10.8. The van der Waals surface area contributed by atoms with Crippen LogP contribution in [0.2, 0.25) is 0 Å². The predicted molar refractivity (Wildman–Crippen MR) is 88.1 cm³/mol. The first-order chi connectivity index (χ1) is 10.3. The van der Waals surface area contributed by atoms with Gasteiger partial charge in [0.15, 0.2) is 0 Å². The third kappa shape index (κ3) is 3.13. The molecule has 1 fully saturated rings. The van der Waals surface area contributed by atoms with Crippen LogP contribution in [0, 0.1) is 0 Å². The van der Waals surface area contributed by atoms with Crippen LogP contribution in [-0.2, 0) is 6.42 Å². The summed E-state index contributed by atoms with van der Waals surface area (Å²) in [6.07, 6.45) is 3.44. The molecule has 3 rings (SSSR count). The maximum Gasteiger partial charge on any atom is 0.118 e. The summed E-state index contributed by atoms with van der Waals surface area (Å²) in [5.74, 6) is 0.891. The number of nitrogens with two attached hydrogens (primary N) is 1. The number of nitrogen functional groups attached to an aromatic ring is 1. The number of methoxy groups -OCH3 is 1. The topological polar surface area (TPSA) is 38.5 Å². The first-order valence-electron chi connectivity index (χ1n) is 7.52. The minimum atomic E-state index is 0.891. The fourth-order valence-corrected chi connectivity index (χ4v) is 2.94. The van der Waals surface area contributed by atoms with Crippen LogP contribution in [0.5, 0.6) is 5.75 Å². The van der Waals surface area contributed by atoms with Gasteiger partial charge in [-0.3, -0.25) is 0 Å². The minimum Gasteiger partial charge on any atom is -0.497 e. The molecule has 1 heterocycles. The summed E-state index contributed by atoms with van der Waals surface area (Å²) in [7, 11) is 1.69. The maximum atomic E-state index is 6.24. The number of anilines is 2. The Hall–Kier alpha value is -2.16. The van der Waals surface area contributed by atoms with E-state index >= 15 is 0 Å². The molecule has 1 aliphatic rings. The van der Waals surface area contributed by atoms with Gasteiger partial charge in [-0.05, 0) is 54.7 Å². The molecule has 0 aromatic heterocycles. The molecule has 0 bridgehead atoms. The molecule has 0 amide bonds. The lowest BCUT2D eigenvalue weighted by Crippen LogP contribution is -2.19. The highest BCUT2D eigenvalue weighted by Crippen LogP contribution is 2.28. The van der Waals surface area contributed by atoms with Crippen molar-refractivity contribution in [1.82, 2.24) is 0 Å². The van der Waals surface area contributed by atoms with Crippen molar-refractivity contribution in [2.24, 2.45) is 0 Å². The molecule has 21 heavy (non-hydrogen) atoms. The zero-order valence-corrected chi connectivity index (χ0v) is 12.5. The van der Waals surface area contributed by atoms with Gasteiger partial charge in [-0.15, -0.1) is 0 Å². The number of hydrogen-bond acceptors (Lipinski definition) is 3. The largest absolute Gasteiger partial charge is 0.497 e. The quantitative estimate of drug-likeness (QED) is 0.873. The molecule has 0 spiro atoms. The van der Waals surface area contributed by atoms with Crippen molar-refractivity contribution in [3.8, 4) is 5.75 Å². The standard InChI is InChI=1S/C18H22N2O/c1-21-16-7-4-14(5-8-16)12-15-6-9-18(17(19)13-15)20-10-2-3-11-20/h4-9,13H,2-3,10-12,19H2,1H3. The van der Waals surface area contributed by atoms with Crippen LogP contribution >= 0.6 is 0 Å². The highest BCUT2D eigenvalue weighted by Gasteiger charge is 2.14. The molecular formula is C18H22N2O. The van der Waals surface area contributed by atoms with E-state index < -0.39 is 0 Å². The van der Waals surface area contributed by atoms with Crippen LogP contribution in [0.1, 0.15) is 24.0 Å². The molecule has 2 aromatic carbocycles. The predicted octanol–water partition coefficient (Wildman–Crippen LogP) is 3.47. The highest BCUT2D eigenvalue weighted by molar-refractivity contribution is 5.69. The molecule has 1 saturated heterocycles. The van der Waals surface area contributed by atoms with Crippen LogP contribution in [0.25, 0.3) is 0 Å². The summed E-state index contributed by atoms with van der Waals surface area (Å²) in [5, 5.41) is 0. The molecule has 2 N–H and O–H groups in total.